The second kappa shape index (κ2) is 9.68. The standard InChI is InChI=1S/C26H27FN2O/c27-25-13-9-20(10-14-25)4-3-16-28-26(30)23-11-7-21(8-12-23)18-29-17-15-22-5-1-2-6-24(22)19-29/h1-2,5-14H,3-4,15-19H2,(H,28,30). The first-order valence-electron chi connectivity index (χ1n) is 10.6. The highest BCUT2D eigenvalue weighted by molar-refractivity contribution is 5.94. The average Bonchev–Trinajstić information content (AvgIpc) is 2.78. The molecule has 0 bridgehead atoms. The van der Waals surface area contributed by atoms with Gasteiger partial charge in [0.25, 0.3) is 5.91 Å². The van der Waals surface area contributed by atoms with Crippen LogP contribution in [-0.4, -0.2) is 23.9 Å². The zero-order chi connectivity index (χ0) is 20.8. The summed E-state index contributed by atoms with van der Waals surface area (Å²) in [5.74, 6) is -0.270. The maximum atomic E-state index is 12.9. The minimum absolute atomic E-state index is 0.0486. The lowest BCUT2D eigenvalue weighted by Crippen LogP contribution is -2.30. The van der Waals surface area contributed by atoms with Gasteiger partial charge in [-0.3, -0.25) is 9.69 Å². The number of nitrogens with zero attached hydrogens (tertiary/aromatic N) is 1. The molecule has 0 aliphatic carbocycles. The molecule has 3 aromatic carbocycles. The maximum absolute atomic E-state index is 12.9. The first kappa shape index (κ1) is 20.3. The molecule has 0 unspecified atom stereocenters. The molecule has 0 spiro atoms. The van der Waals surface area contributed by atoms with Gasteiger partial charge >= 0.3 is 0 Å². The number of hydrogen-bond acceptors (Lipinski definition) is 2. The highest BCUT2D eigenvalue weighted by Gasteiger charge is 2.15. The Hall–Kier alpha value is -2.98. The van der Waals surface area contributed by atoms with Crippen LogP contribution in [0.2, 0.25) is 0 Å². The van der Waals surface area contributed by atoms with E-state index < -0.39 is 0 Å². The fourth-order valence-electron chi connectivity index (χ4n) is 3.96. The summed E-state index contributed by atoms with van der Waals surface area (Å²) >= 11 is 0. The molecule has 3 nitrogen and oxygen atoms in total. The van der Waals surface area contributed by atoms with Crippen LogP contribution >= 0.6 is 0 Å². The summed E-state index contributed by atoms with van der Waals surface area (Å²) in [6, 6.07) is 23.1. The second-order valence-electron chi connectivity index (χ2n) is 7.91. The smallest absolute Gasteiger partial charge is 0.251 e. The van der Waals surface area contributed by atoms with Crippen LogP contribution < -0.4 is 5.32 Å². The number of benzene rings is 3. The molecule has 1 amide bonds. The van der Waals surface area contributed by atoms with Crippen LogP contribution in [0.25, 0.3) is 0 Å². The van der Waals surface area contributed by atoms with Crippen LogP contribution in [0.1, 0.15) is 39.0 Å². The quantitative estimate of drug-likeness (QED) is 0.579. The molecule has 4 heteroatoms. The molecule has 0 fully saturated rings. The topological polar surface area (TPSA) is 32.3 Å². The largest absolute Gasteiger partial charge is 0.352 e. The Kier molecular flexibility index (Phi) is 6.55. The van der Waals surface area contributed by atoms with Crippen molar-refractivity contribution in [1.82, 2.24) is 10.2 Å². The van der Waals surface area contributed by atoms with Crippen LogP contribution in [0.4, 0.5) is 4.39 Å². The van der Waals surface area contributed by atoms with Gasteiger partial charge in [-0.15, -0.1) is 0 Å². The fourth-order valence-corrected chi connectivity index (χ4v) is 3.96. The minimum atomic E-state index is -0.222. The lowest BCUT2D eigenvalue weighted by atomic mass is 9.99. The third-order valence-corrected chi connectivity index (χ3v) is 5.67. The van der Waals surface area contributed by atoms with Gasteiger partial charge in [0.2, 0.25) is 0 Å². The number of carbonyl (C=O) groups is 1. The number of carbonyl (C=O) groups excluding carboxylic acids is 1. The van der Waals surface area contributed by atoms with E-state index in [0.29, 0.717) is 12.1 Å². The van der Waals surface area contributed by atoms with Crippen LogP contribution in [0.5, 0.6) is 0 Å². The van der Waals surface area contributed by atoms with Crippen LogP contribution in [-0.2, 0) is 25.9 Å². The summed E-state index contributed by atoms with van der Waals surface area (Å²) in [4.78, 5) is 14.8. The van der Waals surface area contributed by atoms with E-state index in [-0.39, 0.29) is 11.7 Å². The van der Waals surface area contributed by atoms with Crippen molar-refractivity contribution in [3.8, 4) is 0 Å². The molecule has 0 saturated heterocycles. The van der Waals surface area contributed by atoms with Crippen molar-refractivity contribution in [3.05, 3.63) is 106 Å². The van der Waals surface area contributed by atoms with Gasteiger partial charge in [0, 0.05) is 31.7 Å². The molecule has 0 atom stereocenters. The zero-order valence-corrected chi connectivity index (χ0v) is 17.1. The fraction of sp³-hybridized carbons (Fsp3) is 0.269. The van der Waals surface area contributed by atoms with E-state index >= 15 is 0 Å². The Morgan fingerprint density at radius 1 is 0.900 bits per heavy atom. The van der Waals surface area contributed by atoms with Gasteiger partial charge in [0.1, 0.15) is 5.82 Å². The second-order valence-corrected chi connectivity index (χ2v) is 7.91. The summed E-state index contributed by atoms with van der Waals surface area (Å²) in [5, 5.41) is 2.97. The summed E-state index contributed by atoms with van der Waals surface area (Å²) in [6.07, 6.45) is 2.74. The first-order valence-corrected chi connectivity index (χ1v) is 10.6. The van der Waals surface area contributed by atoms with E-state index in [1.165, 1.54) is 28.8 Å². The normalized spacial score (nSPS) is 13.6. The molecule has 0 saturated carbocycles. The number of aryl methyl sites for hydroxylation is 1. The number of hydrogen-bond donors (Lipinski definition) is 1. The molecule has 4 rings (SSSR count). The summed E-state index contributed by atoms with van der Waals surface area (Å²) in [7, 11) is 0. The predicted molar refractivity (Wildman–Crippen MR) is 118 cm³/mol. The van der Waals surface area contributed by atoms with Crippen LogP contribution in [0.15, 0.2) is 72.8 Å². The highest BCUT2D eigenvalue weighted by atomic mass is 19.1. The molecule has 30 heavy (non-hydrogen) atoms. The number of nitrogens with one attached hydrogen (secondary N) is 1. The average molecular weight is 403 g/mol. The Morgan fingerprint density at radius 3 is 2.37 bits per heavy atom. The van der Waals surface area contributed by atoms with Gasteiger partial charge in [0.05, 0.1) is 0 Å². The monoisotopic (exact) mass is 402 g/mol. The van der Waals surface area contributed by atoms with Crippen molar-refractivity contribution in [1.29, 1.82) is 0 Å². The number of halogens is 1. The predicted octanol–water partition coefficient (Wildman–Crippen LogP) is 4.75. The van der Waals surface area contributed by atoms with Crippen LogP contribution in [0.3, 0.4) is 0 Å². The van der Waals surface area contributed by atoms with Gasteiger partial charge in [-0.25, -0.2) is 4.39 Å². The summed E-state index contributed by atoms with van der Waals surface area (Å²) in [5.41, 5.74) is 5.86. The van der Waals surface area contributed by atoms with E-state index in [2.05, 4.69) is 34.5 Å². The highest BCUT2D eigenvalue weighted by Crippen LogP contribution is 2.20. The van der Waals surface area contributed by atoms with E-state index in [1.54, 1.807) is 12.1 Å². The van der Waals surface area contributed by atoms with Crippen LogP contribution in [0, 0.1) is 5.82 Å². The Bertz CT molecular complexity index is 983. The Balaban J connectivity index is 1.23. The van der Waals surface area contributed by atoms with Crippen molar-refractivity contribution >= 4 is 5.91 Å². The van der Waals surface area contributed by atoms with Gasteiger partial charge in [-0.05, 0) is 65.8 Å². The molecule has 3 aromatic rings. The summed E-state index contributed by atoms with van der Waals surface area (Å²) in [6.45, 7) is 3.54. The molecule has 0 radical (unpaired) electrons. The number of rotatable bonds is 7. The lowest BCUT2D eigenvalue weighted by Gasteiger charge is -2.28. The third kappa shape index (κ3) is 5.33. The van der Waals surface area contributed by atoms with E-state index in [9.17, 15) is 9.18 Å². The van der Waals surface area contributed by atoms with Crippen molar-refractivity contribution in [2.45, 2.75) is 32.4 Å². The Labute approximate surface area is 177 Å². The molecule has 154 valence electrons. The van der Waals surface area contributed by atoms with E-state index in [1.807, 2.05) is 24.3 Å². The molecule has 1 aliphatic rings. The zero-order valence-electron chi connectivity index (χ0n) is 17.1. The lowest BCUT2D eigenvalue weighted by molar-refractivity contribution is 0.0953. The number of amides is 1. The van der Waals surface area contributed by atoms with E-state index in [4.69, 9.17) is 0 Å². The molecule has 1 N–H and O–H groups in total. The molecule has 0 aromatic heterocycles. The van der Waals surface area contributed by atoms with Gasteiger partial charge < -0.3 is 5.32 Å². The first-order chi connectivity index (χ1) is 14.7. The van der Waals surface area contributed by atoms with Crippen molar-refractivity contribution in [2.75, 3.05) is 13.1 Å². The summed E-state index contributed by atoms with van der Waals surface area (Å²) < 4.78 is 12.9. The molecular weight excluding hydrogens is 375 g/mol. The van der Waals surface area contributed by atoms with Gasteiger partial charge in [-0.1, -0.05) is 48.5 Å². The van der Waals surface area contributed by atoms with Crippen molar-refractivity contribution < 1.29 is 9.18 Å². The van der Waals surface area contributed by atoms with Gasteiger partial charge in [0.15, 0.2) is 0 Å². The molecule has 1 heterocycles. The molecule has 1 aliphatic heterocycles. The maximum Gasteiger partial charge on any atom is 0.251 e. The molecular formula is C26H27FN2O. The van der Waals surface area contributed by atoms with E-state index in [0.717, 1.165) is 44.5 Å². The SMILES string of the molecule is O=C(NCCCc1ccc(F)cc1)c1ccc(CN2CCc3ccccc3C2)cc1. The van der Waals surface area contributed by atoms with Crippen molar-refractivity contribution in [3.63, 3.8) is 0 Å². The number of fused-ring (bicyclic) bond motifs is 1. The van der Waals surface area contributed by atoms with Crippen molar-refractivity contribution in [2.24, 2.45) is 0 Å². The minimum Gasteiger partial charge on any atom is -0.352 e. The third-order valence-electron chi connectivity index (χ3n) is 5.67. The Morgan fingerprint density at radius 2 is 1.60 bits per heavy atom. The van der Waals surface area contributed by atoms with Gasteiger partial charge in [-0.2, -0.15) is 0 Å².